The molecular weight excluding hydrogens is 639 g/mol. The Morgan fingerprint density at radius 2 is 0.811 bits per heavy atom. The standard InChI is InChI=1S/C52H47N/c1-51(2,3)39-33-38(34-40(35-39)52(4,5)6)43-28-17-21-37-22-18-30-47(50(37)43)46-27-13-15-32-49(46)53(41-23-8-7-9-24-41)48-31-14-12-26-45(48)44-29-16-20-36-19-10-11-25-42(36)44/h7-35H,1-6H3. The molecule has 0 radical (unpaired) electrons. The van der Waals surface area contributed by atoms with Crippen LogP contribution in [0.1, 0.15) is 52.7 Å². The maximum atomic E-state index is 2.45. The molecule has 0 spiro atoms. The van der Waals surface area contributed by atoms with Crippen molar-refractivity contribution in [2.24, 2.45) is 0 Å². The van der Waals surface area contributed by atoms with Gasteiger partial charge in [0.25, 0.3) is 0 Å². The normalized spacial score (nSPS) is 12.0. The number of nitrogens with zero attached hydrogens (tertiary/aromatic N) is 1. The zero-order chi connectivity index (χ0) is 36.7. The monoisotopic (exact) mass is 685 g/mol. The molecule has 8 rings (SSSR count). The summed E-state index contributed by atoms with van der Waals surface area (Å²) in [6, 6.07) is 64.7. The third kappa shape index (κ3) is 6.53. The molecule has 8 aromatic carbocycles. The summed E-state index contributed by atoms with van der Waals surface area (Å²) in [4.78, 5) is 2.45. The third-order valence-electron chi connectivity index (χ3n) is 10.6. The van der Waals surface area contributed by atoms with Gasteiger partial charge < -0.3 is 4.90 Å². The summed E-state index contributed by atoms with van der Waals surface area (Å²) in [5.41, 5.74) is 13.5. The molecule has 8 aromatic rings. The molecule has 0 fully saturated rings. The first-order valence-electron chi connectivity index (χ1n) is 18.8. The quantitative estimate of drug-likeness (QED) is 0.168. The van der Waals surface area contributed by atoms with Crippen LogP contribution in [0, 0.1) is 0 Å². The van der Waals surface area contributed by atoms with Crippen LogP contribution in [-0.2, 0) is 10.8 Å². The van der Waals surface area contributed by atoms with Crippen molar-refractivity contribution in [3.8, 4) is 33.4 Å². The molecule has 0 aromatic heterocycles. The molecule has 0 amide bonds. The number of benzene rings is 8. The first-order valence-corrected chi connectivity index (χ1v) is 18.8. The molecule has 0 aliphatic carbocycles. The van der Waals surface area contributed by atoms with E-state index in [4.69, 9.17) is 0 Å². The number of hydrogen-bond donors (Lipinski definition) is 0. The molecule has 0 bridgehead atoms. The Bertz CT molecular complexity index is 2540. The fraction of sp³-hybridized carbons (Fsp3) is 0.154. The molecule has 1 heteroatoms. The molecule has 53 heavy (non-hydrogen) atoms. The Morgan fingerprint density at radius 1 is 0.358 bits per heavy atom. The van der Waals surface area contributed by atoms with Gasteiger partial charge in [-0.2, -0.15) is 0 Å². The second-order valence-corrected chi connectivity index (χ2v) is 16.2. The molecule has 0 atom stereocenters. The van der Waals surface area contributed by atoms with Gasteiger partial charge in [0, 0.05) is 16.8 Å². The summed E-state index contributed by atoms with van der Waals surface area (Å²) >= 11 is 0. The average Bonchev–Trinajstić information content (AvgIpc) is 3.17. The Labute approximate surface area is 315 Å². The van der Waals surface area contributed by atoms with Crippen LogP contribution in [0.3, 0.4) is 0 Å². The van der Waals surface area contributed by atoms with Gasteiger partial charge in [0.15, 0.2) is 0 Å². The van der Waals surface area contributed by atoms with Crippen molar-refractivity contribution in [2.75, 3.05) is 4.90 Å². The topological polar surface area (TPSA) is 3.24 Å². The van der Waals surface area contributed by atoms with E-state index in [1.165, 1.54) is 66.1 Å². The van der Waals surface area contributed by atoms with Crippen LogP contribution in [0.25, 0.3) is 54.9 Å². The summed E-state index contributed by atoms with van der Waals surface area (Å²) in [5, 5.41) is 4.98. The van der Waals surface area contributed by atoms with Gasteiger partial charge in [-0.1, -0.05) is 193 Å². The molecule has 0 saturated carbocycles. The molecule has 260 valence electrons. The van der Waals surface area contributed by atoms with Gasteiger partial charge in [-0.15, -0.1) is 0 Å². The second-order valence-electron chi connectivity index (χ2n) is 16.2. The van der Waals surface area contributed by atoms with E-state index in [1.807, 2.05) is 0 Å². The molecule has 1 nitrogen and oxygen atoms in total. The number of fused-ring (bicyclic) bond motifs is 2. The van der Waals surface area contributed by atoms with Crippen LogP contribution in [0.15, 0.2) is 176 Å². The Morgan fingerprint density at radius 3 is 1.43 bits per heavy atom. The van der Waals surface area contributed by atoms with Crippen LogP contribution in [-0.4, -0.2) is 0 Å². The first-order chi connectivity index (χ1) is 25.6. The lowest BCUT2D eigenvalue weighted by Crippen LogP contribution is -2.16. The van der Waals surface area contributed by atoms with E-state index in [9.17, 15) is 0 Å². The highest BCUT2D eigenvalue weighted by Gasteiger charge is 2.24. The van der Waals surface area contributed by atoms with Gasteiger partial charge in [-0.3, -0.25) is 0 Å². The predicted octanol–water partition coefficient (Wildman–Crippen LogP) is 15.1. The fourth-order valence-corrected chi connectivity index (χ4v) is 7.69. The molecule has 0 heterocycles. The number of rotatable bonds is 6. The van der Waals surface area contributed by atoms with Crippen molar-refractivity contribution < 1.29 is 0 Å². The maximum absolute atomic E-state index is 2.45. The van der Waals surface area contributed by atoms with Crippen LogP contribution < -0.4 is 4.90 Å². The van der Waals surface area contributed by atoms with E-state index in [1.54, 1.807) is 0 Å². The smallest absolute Gasteiger partial charge is 0.0540 e. The minimum Gasteiger partial charge on any atom is -0.309 e. The van der Waals surface area contributed by atoms with Crippen LogP contribution in [0.4, 0.5) is 17.1 Å². The predicted molar refractivity (Wildman–Crippen MR) is 230 cm³/mol. The maximum Gasteiger partial charge on any atom is 0.0540 e. The van der Waals surface area contributed by atoms with Crippen molar-refractivity contribution >= 4 is 38.6 Å². The van der Waals surface area contributed by atoms with E-state index >= 15 is 0 Å². The van der Waals surface area contributed by atoms with Gasteiger partial charge >= 0.3 is 0 Å². The lowest BCUT2D eigenvalue weighted by molar-refractivity contribution is 0.569. The lowest BCUT2D eigenvalue weighted by Gasteiger charge is -2.30. The highest BCUT2D eigenvalue weighted by molar-refractivity contribution is 6.09. The molecule has 0 N–H and O–H groups in total. The Hall–Kier alpha value is -5.92. The molecule has 0 aliphatic heterocycles. The van der Waals surface area contributed by atoms with Gasteiger partial charge in [0.1, 0.15) is 0 Å². The average molecular weight is 686 g/mol. The Balaban J connectivity index is 1.40. The number of hydrogen-bond acceptors (Lipinski definition) is 1. The summed E-state index contributed by atoms with van der Waals surface area (Å²) in [7, 11) is 0. The number of anilines is 3. The zero-order valence-corrected chi connectivity index (χ0v) is 31.7. The van der Waals surface area contributed by atoms with Crippen LogP contribution >= 0.6 is 0 Å². The SMILES string of the molecule is CC(C)(C)c1cc(-c2cccc3cccc(-c4ccccc4N(c4ccccc4)c4ccccc4-c4cccc5ccccc45)c23)cc(C(C)(C)C)c1. The molecule has 0 unspecified atom stereocenters. The highest BCUT2D eigenvalue weighted by atomic mass is 15.1. The second kappa shape index (κ2) is 13.6. The van der Waals surface area contributed by atoms with Crippen molar-refractivity contribution in [2.45, 2.75) is 52.4 Å². The molecule has 0 saturated heterocycles. The van der Waals surface area contributed by atoms with Gasteiger partial charge in [0.2, 0.25) is 0 Å². The number of para-hydroxylation sites is 3. The first kappa shape index (κ1) is 34.2. The highest BCUT2D eigenvalue weighted by Crippen LogP contribution is 2.48. The van der Waals surface area contributed by atoms with E-state index in [0.29, 0.717) is 0 Å². The van der Waals surface area contributed by atoms with E-state index in [0.717, 1.165) is 17.1 Å². The third-order valence-corrected chi connectivity index (χ3v) is 10.6. The van der Waals surface area contributed by atoms with Crippen molar-refractivity contribution in [3.63, 3.8) is 0 Å². The summed E-state index contributed by atoms with van der Waals surface area (Å²) < 4.78 is 0. The van der Waals surface area contributed by atoms with Crippen LogP contribution in [0.5, 0.6) is 0 Å². The molecule has 0 aliphatic rings. The summed E-state index contributed by atoms with van der Waals surface area (Å²) in [5.74, 6) is 0. The van der Waals surface area contributed by atoms with E-state index < -0.39 is 0 Å². The minimum absolute atomic E-state index is 0.0175. The summed E-state index contributed by atoms with van der Waals surface area (Å²) in [6.45, 7) is 13.9. The zero-order valence-electron chi connectivity index (χ0n) is 31.7. The van der Waals surface area contributed by atoms with E-state index in [2.05, 4.69) is 222 Å². The van der Waals surface area contributed by atoms with Gasteiger partial charge in [-0.25, -0.2) is 0 Å². The largest absolute Gasteiger partial charge is 0.309 e. The lowest BCUT2D eigenvalue weighted by atomic mass is 9.78. The van der Waals surface area contributed by atoms with Crippen molar-refractivity contribution in [1.29, 1.82) is 0 Å². The molecular formula is C52H47N. The van der Waals surface area contributed by atoms with Crippen LogP contribution in [0.2, 0.25) is 0 Å². The van der Waals surface area contributed by atoms with Gasteiger partial charge in [-0.05, 0) is 90.0 Å². The van der Waals surface area contributed by atoms with Crippen molar-refractivity contribution in [1.82, 2.24) is 0 Å². The minimum atomic E-state index is 0.0175. The Kier molecular flexibility index (Phi) is 8.75. The fourth-order valence-electron chi connectivity index (χ4n) is 7.69. The van der Waals surface area contributed by atoms with Crippen molar-refractivity contribution in [3.05, 3.63) is 187 Å². The summed E-state index contributed by atoms with van der Waals surface area (Å²) in [6.07, 6.45) is 0. The van der Waals surface area contributed by atoms with E-state index in [-0.39, 0.29) is 10.8 Å². The van der Waals surface area contributed by atoms with Gasteiger partial charge in [0.05, 0.1) is 11.4 Å².